The fraction of sp³-hybridized carbons (Fsp3) is 1.00. The van der Waals surface area contributed by atoms with E-state index in [4.69, 9.17) is 0 Å². The third kappa shape index (κ3) is 4.99. The zero-order valence-electron chi connectivity index (χ0n) is 8.22. The van der Waals surface area contributed by atoms with Crippen LogP contribution in [0.3, 0.4) is 0 Å². The van der Waals surface area contributed by atoms with Crippen molar-refractivity contribution in [3.63, 3.8) is 0 Å². The molecule has 98 valence electrons. The van der Waals surface area contributed by atoms with E-state index in [0.29, 0.717) is 0 Å². The lowest BCUT2D eigenvalue weighted by Crippen LogP contribution is -2.49. The van der Waals surface area contributed by atoms with Crippen LogP contribution in [-0.2, 0) is 0 Å². The summed E-state index contributed by atoms with van der Waals surface area (Å²) in [4.78, 5) is 0.255. The minimum absolute atomic E-state index is 0.255. The molecule has 0 saturated carbocycles. The number of hydrogen-bond acceptors (Lipinski definition) is 0. The van der Waals surface area contributed by atoms with Crippen LogP contribution in [0.5, 0.6) is 0 Å². The molecule has 0 rings (SSSR count). The Bertz CT molecular complexity index is 219. The van der Waals surface area contributed by atoms with Gasteiger partial charge in [0, 0.05) is 4.83 Å². The Kier molecular flexibility index (Phi) is 9.59. The Morgan fingerprint density at radius 1 is 0.938 bits per heavy atom. The highest BCUT2D eigenvalue weighted by molar-refractivity contribution is 9.42. The molecule has 0 aliphatic carbocycles. The molecule has 16 heavy (non-hydrogen) atoms. The van der Waals surface area contributed by atoms with Crippen LogP contribution in [0.15, 0.2) is 0 Å². The smallest absolute Gasteiger partial charge is 0.0865 e. The quantitative estimate of drug-likeness (QED) is 0.253. The van der Waals surface area contributed by atoms with Crippen molar-refractivity contribution >= 4 is 127 Å². The summed E-state index contributed by atoms with van der Waals surface area (Å²) in [6.07, 6.45) is 3.41. The molecule has 0 aromatic carbocycles. The number of halogens is 8. The van der Waals surface area contributed by atoms with E-state index < -0.39 is 5.38 Å². The molecule has 0 N–H and O–H groups in total. The molecule has 0 saturated heterocycles. The second-order valence-electron chi connectivity index (χ2n) is 3.30. The number of alkyl halides is 8. The van der Waals surface area contributed by atoms with E-state index in [0.717, 1.165) is 6.42 Å². The molecule has 1 unspecified atom stereocenters. The number of unbranched alkanes of at least 4 members (excludes halogenated alkanes) is 1. The van der Waals surface area contributed by atoms with Gasteiger partial charge in [-0.05, 0) is 6.42 Å². The molecule has 0 heterocycles. The van der Waals surface area contributed by atoms with Crippen LogP contribution in [0.2, 0.25) is 0 Å². The van der Waals surface area contributed by atoms with Crippen molar-refractivity contribution in [2.45, 2.75) is 39.6 Å². The maximum Gasteiger partial charge on any atom is 0.162 e. The van der Waals surface area contributed by atoms with Crippen LogP contribution in [0, 0.1) is 0 Å². The molecule has 0 amide bonds. The lowest BCUT2D eigenvalue weighted by molar-refractivity contribution is 0.639. The molecule has 1 atom stereocenters. The van der Waals surface area contributed by atoms with Crippen molar-refractivity contribution in [1.82, 2.24) is 0 Å². The summed E-state index contributed by atoms with van der Waals surface area (Å²) in [5.74, 6) is 0. The van der Waals surface area contributed by atoms with Gasteiger partial charge in [-0.2, -0.15) is 0 Å². The Morgan fingerprint density at radius 2 is 1.38 bits per heavy atom. The molecular formula is C8H10Br8. The van der Waals surface area contributed by atoms with Crippen molar-refractivity contribution in [3.8, 4) is 0 Å². The lowest BCUT2D eigenvalue weighted by Gasteiger charge is -2.43. The van der Waals surface area contributed by atoms with E-state index in [1.165, 1.54) is 12.8 Å². The van der Waals surface area contributed by atoms with Gasteiger partial charge in [0.25, 0.3) is 0 Å². The van der Waals surface area contributed by atoms with E-state index in [9.17, 15) is 0 Å². The normalized spacial score (nSPS) is 16.3. The summed E-state index contributed by atoms with van der Waals surface area (Å²) in [5.41, 5.74) is 0. The first kappa shape index (κ1) is 19.8. The van der Waals surface area contributed by atoms with Crippen LogP contribution < -0.4 is 0 Å². The Labute approximate surface area is 164 Å². The van der Waals surface area contributed by atoms with Crippen LogP contribution in [0.4, 0.5) is 0 Å². The van der Waals surface area contributed by atoms with Crippen LogP contribution in [-0.4, -0.2) is 13.4 Å². The van der Waals surface area contributed by atoms with Crippen LogP contribution >= 0.6 is 127 Å². The van der Waals surface area contributed by atoms with Gasteiger partial charge in [-0.1, -0.05) is 147 Å². The summed E-state index contributed by atoms with van der Waals surface area (Å²) in [6.45, 7) is 2.18. The zero-order valence-corrected chi connectivity index (χ0v) is 20.9. The molecule has 0 bridgehead atoms. The van der Waals surface area contributed by atoms with E-state index >= 15 is 0 Å². The van der Waals surface area contributed by atoms with E-state index in [1.807, 2.05) is 0 Å². The fourth-order valence-electron chi connectivity index (χ4n) is 0.950. The first-order valence-electron chi connectivity index (χ1n) is 4.45. The Morgan fingerprint density at radius 3 is 1.69 bits per heavy atom. The van der Waals surface area contributed by atoms with Gasteiger partial charge >= 0.3 is 0 Å². The van der Waals surface area contributed by atoms with Gasteiger partial charge in [0.15, 0.2) is 2.14 Å². The Balaban J connectivity index is 4.89. The zero-order chi connectivity index (χ0) is 13.2. The molecule has 0 aliphatic rings. The average molecular weight is 745 g/mol. The first-order valence-corrected chi connectivity index (χ1v) is 10.9. The first-order chi connectivity index (χ1) is 6.98. The molecule has 0 aliphatic heterocycles. The molecular weight excluding hydrogens is 735 g/mol. The molecule has 0 fully saturated rings. The van der Waals surface area contributed by atoms with E-state index in [1.54, 1.807) is 0 Å². The predicted molar refractivity (Wildman–Crippen MR) is 103 cm³/mol. The van der Waals surface area contributed by atoms with Crippen molar-refractivity contribution in [3.05, 3.63) is 0 Å². The third-order valence-corrected chi connectivity index (χ3v) is 16.2. The van der Waals surface area contributed by atoms with E-state index in [-0.39, 0.29) is 8.06 Å². The molecule has 0 aromatic rings. The molecule has 0 spiro atoms. The highest BCUT2D eigenvalue weighted by atomic mass is 80.0. The van der Waals surface area contributed by atoms with Crippen molar-refractivity contribution in [1.29, 1.82) is 0 Å². The topological polar surface area (TPSA) is 0 Å². The second kappa shape index (κ2) is 7.74. The second-order valence-corrected chi connectivity index (χ2v) is 18.2. The number of rotatable bonds is 5. The third-order valence-electron chi connectivity index (χ3n) is 1.98. The standard InChI is InChI=1S/C8H10Br8/c1-2-3-4-5(9)6(10,11)7(12,13)8(14,15)16/h5H,2-4H2,1H3. The maximum absolute atomic E-state index is 3.72. The van der Waals surface area contributed by atoms with Gasteiger partial charge < -0.3 is 0 Å². The van der Waals surface area contributed by atoms with Crippen molar-refractivity contribution < 1.29 is 0 Å². The molecule has 0 aromatic heterocycles. The SMILES string of the molecule is CCCCC(Br)C(Br)(Br)C(Br)(Br)C(Br)(Br)Br. The predicted octanol–water partition coefficient (Wildman–Crippen LogP) is 7.75. The van der Waals surface area contributed by atoms with E-state index in [2.05, 4.69) is 134 Å². The summed E-state index contributed by atoms with van der Waals surface area (Å²) in [6, 6.07) is 0. The van der Waals surface area contributed by atoms with Gasteiger partial charge in [-0.3, -0.25) is 0 Å². The van der Waals surface area contributed by atoms with Crippen LogP contribution in [0.25, 0.3) is 0 Å². The summed E-state index contributed by atoms with van der Waals surface area (Å²) in [5, 5.41) is 0. The van der Waals surface area contributed by atoms with Gasteiger partial charge in [0.2, 0.25) is 0 Å². The monoisotopic (exact) mass is 737 g/mol. The summed E-state index contributed by atoms with van der Waals surface area (Å²) < 4.78 is -1.36. The molecule has 0 radical (unpaired) electrons. The summed E-state index contributed by atoms with van der Waals surface area (Å²) in [7, 11) is 0. The highest BCUT2D eigenvalue weighted by Gasteiger charge is 2.59. The van der Waals surface area contributed by atoms with Gasteiger partial charge in [-0.25, -0.2) is 0 Å². The number of hydrogen-bond donors (Lipinski definition) is 0. The fourth-order valence-corrected chi connectivity index (χ4v) is 6.37. The van der Waals surface area contributed by atoms with Crippen molar-refractivity contribution in [2.75, 3.05) is 0 Å². The lowest BCUT2D eigenvalue weighted by atomic mass is 10.1. The van der Waals surface area contributed by atoms with Gasteiger partial charge in [-0.15, -0.1) is 0 Å². The maximum atomic E-state index is 3.72. The Hall–Kier alpha value is 3.84. The largest absolute Gasteiger partial charge is 0.162 e. The molecule has 8 heteroatoms. The van der Waals surface area contributed by atoms with Crippen molar-refractivity contribution in [2.24, 2.45) is 0 Å². The van der Waals surface area contributed by atoms with Gasteiger partial charge in [0.05, 0.1) is 0 Å². The average Bonchev–Trinajstić information content (AvgIpc) is 2.11. The highest BCUT2D eigenvalue weighted by Crippen LogP contribution is 2.64. The molecule has 0 nitrogen and oxygen atoms in total. The van der Waals surface area contributed by atoms with Gasteiger partial charge in [0.1, 0.15) is 6.47 Å². The minimum Gasteiger partial charge on any atom is -0.0865 e. The van der Waals surface area contributed by atoms with Crippen LogP contribution in [0.1, 0.15) is 26.2 Å². The summed E-state index contributed by atoms with van der Waals surface area (Å²) >= 11 is 29.1. The minimum atomic E-state index is -0.495.